The van der Waals surface area contributed by atoms with Crippen molar-refractivity contribution in [3.05, 3.63) is 66.3 Å². The molecule has 1 saturated heterocycles. The molecule has 5 rings (SSSR count). The van der Waals surface area contributed by atoms with E-state index in [1.807, 2.05) is 23.6 Å². The van der Waals surface area contributed by atoms with E-state index in [2.05, 4.69) is 55.5 Å². The zero-order chi connectivity index (χ0) is 20.3. The third-order valence-electron chi connectivity index (χ3n) is 5.48. The number of amides is 1. The number of thiazole rings is 1. The first kappa shape index (κ1) is 18.7. The summed E-state index contributed by atoms with van der Waals surface area (Å²) in [4.78, 5) is 28.1. The number of hydrogen-bond acceptors (Lipinski definition) is 6. The van der Waals surface area contributed by atoms with E-state index < -0.39 is 0 Å². The monoisotopic (exact) mass is 415 g/mol. The number of nitrogens with one attached hydrogen (secondary N) is 1. The number of rotatable bonds is 4. The SMILES string of the molecule is O=C(Nc1nc(-c2ccc3ccccc3c2)cs1)C1CCN(c2ncccn2)CC1. The van der Waals surface area contributed by atoms with E-state index in [9.17, 15) is 4.79 Å². The molecule has 0 unspecified atom stereocenters. The molecule has 1 N–H and O–H groups in total. The lowest BCUT2D eigenvalue weighted by molar-refractivity contribution is -0.120. The van der Waals surface area contributed by atoms with E-state index in [-0.39, 0.29) is 11.8 Å². The second-order valence-electron chi connectivity index (χ2n) is 7.40. The van der Waals surface area contributed by atoms with Crippen LogP contribution in [0.15, 0.2) is 66.3 Å². The van der Waals surface area contributed by atoms with Crippen LogP contribution in [0.2, 0.25) is 0 Å². The number of carbonyl (C=O) groups is 1. The summed E-state index contributed by atoms with van der Waals surface area (Å²) in [5.41, 5.74) is 1.94. The molecular weight excluding hydrogens is 394 g/mol. The molecule has 0 atom stereocenters. The van der Waals surface area contributed by atoms with E-state index in [1.165, 1.54) is 22.1 Å². The first-order chi connectivity index (χ1) is 14.8. The van der Waals surface area contributed by atoms with Crippen LogP contribution in [0.25, 0.3) is 22.0 Å². The Kier molecular flexibility index (Phi) is 5.11. The number of fused-ring (bicyclic) bond motifs is 1. The highest BCUT2D eigenvalue weighted by Gasteiger charge is 2.26. The van der Waals surface area contributed by atoms with Crippen molar-refractivity contribution in [1.82, 2.24) is 15.0 Å². The largest absolute Gasteiger partial charge is 0.341 e. The van der Waals surface area contributed by atoms with E-state index in [4.69, 9.17) is 0 Å². The molecule has 150 valence electrons. The van der Waals surface area contributed by atoms with Gasteiger partial charge in [-0.3, -0.25) is 4.79 Å². The minimum Gasteiger partial charge on any atom is -0.341 e. The zero-order valence-corrected chi connectivity index (χ0v) is 17.2. The van der Waals surface area contributed by atoms with Crippen molar-refractivity contribution in [2.45, 2.75) is 12.8 Å². The van der Waals surface area contributed by atoms with Crippen LogP contribution < -0.4 is 10.2 Å². The lowest BCUT2D eigenvalue weighted by Gasteiger charge is -2.30. The minimum absolute atomic E-state index is 0.0158. The summed E-state index contributed by atoms with van der Waals surface area (Å²) in [6.45, 7) is 1.56. The summed E-state index contributed by atoms with van der Waals surface area (Å²) in [6, 6.07) is 16.4. The van der Waals surface area contributed by atoms with Gasteiger partial charge in [-0.25, -0.2) is 15.0 Å². The van der Waals surface area contributed by atoms with Gasteiger partial charge in [-0.05, 0) is 35.7 Å². The molecule has 2 aromatic carbocycles. The summed E-state index contributed by atoms with van der Waals surface area (Å²) in [5, 5.41) is 8.05. The molecule has 0 radical (unpaired) electrons. The van der Waals surface area contributed by atoms with E-state index in [0.717, 1.165) is 43.1 Å². The molecule has 4 aromatic rings. The number of benzene rings is 2. The van der Waals surface area contributed by atoms with E-state index in [1.54, 1.807) is 12.4 Å². The Hall–Kier alpha value is -3.32. The van der Waals surface area contributed by atoms with Crippen molar-refractivity contribution < 1.29 is 4.79 Å². The Labute approximate surface area is 178 Å². The van der Waals surface area contributed by atoms with E-state index in [0.29, 0.717) is 5.13 Å². The first-order valence-electron chi connectivity index (χ1n) is 10.0. The lowest BCUT2D eigenvalue weighted by Crippen LogP contribution is -2.38. The van der Waals surface area contributed by atoms with Crippen LogP contribution in [0.4, 0.5) is 11.1 Å². The first-order valence-corrected chi connectivity index (χ1v) is 10.9. The van der Waals surface area contributed by atoms with Crippen LogP contribution in [-0.2, 0) is 4.79 Å². The second kappa shape index (κ2) is 8.20. The Balaban J connectivity index is 1.22. The zero-order valence-electron chi connectivity index (χ0n) is 16.4. The van der Waals surface area contributed by atoms with Gasteiger partial charge < -0.3 is 10.2 Å². The highest BCUT2D eigenvalue weighted by atomic mass is 32.1. The van der Waals surface area contributed by atoms with Crippen molar-refractivity contribution in [2.75, 3.05) is 23.3 Å². The Morgan fingerprint density at radius 3 is 2.57 bits per heavy atom. The number of carbonyl (C=O) groups excluding carboxylic acids is 1. The van der Waals surface area contributed by atoms with Crippen LogP contribution in [0, 0.1) is 5.92 Å². The van der Waals surface area contributed by atoms with Crippen molar-refractivity contribution in [1.29, 1.82) is 0 Å². The van der Waals surface area contributed by atoms with Gasteiger partial charge >= 0.3 is 0 Å². The highest BCUT2D eigenvalue weighted by Crippen LogP contribution is 2.29. The van der Waals surface area contributed by atoms with Crippen LogP contribution >= 0.6 is 11.3 Å². The summed E-state index contributed by atoms with van der Waals surface area (Å²) in [6.07, 6.45) is 5.06. The van der Waals surface area contributed by atoms with Gasteiger partial charge in [-0.1, -0.05) is 36.4 Å². The molecule has 1 fully saturated rings. The third kappa shape index (κ3) is 3.89. The molecular formula is C23H21N5OS. The number of nitrogens with zero attached hydrogens (tertiary/aromatic N) is 4. The summed E-state index contributed by atoms with van der Waals surface area (Å²) in [7, 11) is 0. The van der Waals surface area contributed by atoms with Gasteiger partial charge in [-0.15, -0.1) is 11.3 Å². The van der Waals surface area contributed by atoms with Gasteiger partial charge in [0.05, 0.1) is 5.69 Å². The number of anilines is 2. The maximum Gasteiger partial charge on any atom is 0.229 e. The van der Waals surface area contributed by atoms with Crippen molar-refractivity contribution >= 4 is 39.1 Å². The maximum absolute atomic E-state index is 12.7. The average Bonchev–Trinajstić information content (AvgIpc) is 3.28. The number of hydrogen-bond donors (Lipinski definition) is 1. The molecule has 1 aliphatic rings. The highest BCUT2D eigenvalue weighted by molar-refractivity contribution is 7.14. The topological polar surface area (TPSA) is 71.0 Å². The molecule has 30 heavy (non-hydrogen) atoms. The molecule has 7 heteroatoms. The van der Waals surface area contributed by atoms with Crippen LogP contribution in [0.5, 0.6) is 0 Å². The smallest absolute Gasteiger partial charge is 0.229 e. The Morgan fingerprint density at radius 2 is 1.77 bits per heavy atom. The lowest BCUT2D eigenvalue weighted by atomic mass is 9.96. The molecule has 0 spiro atoms. The maximum atomic E-state index is 12.7. The van der Waals surface area contributed by atoms with Gasteiger partial charge in [0.2, 0.25) is 11.9 Å². The Bertz CT molecular complexity index is 1170. The summed E-state index contributed by atoms with van der Waals surface area (Å²) >= 11 is 1.47. The molecule has 3 heterocycles. The molecule has 0 bridgehead atoms. The second-order valence-corrected chi connectivity index (χ2v) is 8.26. The fraction of sp³-hybridized carbons (Fsp3) is 0.217. The molecule has 0 saturated carbocycles. The van der Waals surface area contributed by atoms with Gasteiger partial charge in [0.1, 0.15) is 0 Å². The standard InChI is InChI=1S/C23H21N5OS/c29-21(17-8-12-28(13-9-17)22-24-10-3-11-25-22)27-23-26-20(15-30-23)19-7-6-16-4-1-2-5-18(16)14-19/h1-7,10-11,14-15,17H,8-9,12-13H2,(H,26,27,29). The average molecular weight is 416 g/mol. The third-order valence-corrected chi connectivity index (χ3v) is 6.24. The van der Waals surface area contributed by atoms with Gasteiger partial charge in [-0.2, -0.15) is 0 Å². The summed E-state index contributed by atoms with van der Waals surface area (Å²) < 4.78 is 0. The molecule has 1 aliphatic heterocycles. The quantitative estimate of drug-likeness (QED) is 0.527. The minimum atomic E-state index is -0.0158. The fourth-order valence-electron chi connectivity index (χ4n) is 3.82. The normalized spacial score (nSPS) is 14.7. The van der Waals surface area contributed by atoms with Gasteiger partial charge in [0, 0.05) is 42.3 Å². The predicted octanol–water partition coefficient (Wildman–Crippen LogP) is 4.61. The number of piperidine rings is 1. The molecule has 1 amide bonds. The van der Waals surface area contributed by atoms with Gasteiger partial charge in [0.25, 0.3) is 0 Å². The number of aromatic nitrogens is 3. The predicted molar refractivity (Wildman–Crippen MR) is 121 cm³/mol. The Morgan fingerprint density at radius 1 is 1.00 bits per heavy atom. The van der Waals surface area contributed by atoms with E-state index >= 15 is 0 Å². The van der Waals surface area contributed by atoms with Crippen molar-refractivity contribution in [3.8, 4) is 11.3 Å². The summed E-state index contributed by atoms with van der Waals surface area (Å²) in [5.74, 6) is 0.761. The van der Waals surface area contributed by atoms with Crippen LogP contribution in [0.3, 0.4) is 0 Å². The molecule has 0 aliphatic carbocycles. The van der Waals surface area contributed by atoms with Crippen LogP contribution in [0.1, 0.15) is 12.8 Å². The van der Waals surface area contributed by atoms with Crippen LogP contribution in [-0.4, -0.2) is 33.9 Å². The molecule has 2 aromatic heterocycles. The van der Waals surface area contributed by atoms with Gasteiger partial charge in [0.15, 0.2) is 5.13 Å². The van der Waals surface area contributed by atoms with Crippen molar-refractivity contribution in [2.24, 2.45) is 5.92 Å². The molecule has 6 nitrogen and oxygen atoms in total. The van der Waals surface area contributed by atoms with Crippen molar-refractivity contribution in [3.63, 3.8) is 0 Å². The fourth-order valence-corrected chi connectivity index (χ4v) is 4.54.